The van der Waals surface area contributed by atoms with Gasteiger partial charge < -0.3 is 15.3 Å². The smallest absolute Gasteiger partial charge is 0.317 e. The van der Waals surface area contributed by atoms with E-state index in [1.807, 2.05) is 11.8 Å². The highest BCUT2D eigenvalue weighted by Gasteiger charge is 2.28. The van der Waals surface area contributed by atoms with Crippen LogP contribution in [-0.2, 0) is 0 Å². The summed E-state index contributed by atoms with van der Waals surface area (Å²) in [5, 5.41) is 13.1. The first-order chi connectivity index (χ1) is 8.07. The molecule has 1 atom stereocenters. The van der Waals surface area contributed by atoms with Crippen LogP contribution in [0.2, 0.25) is 0 Å². The summed E-state index contributed by atoms with van der Waals surface area (Å²) in [6.45, 7) is 3.31. The minimum atomic E-state index is -0.595. The molecule has 2 fully saturated rings. The fourth-order valence-electron chi connectivity index (χ4n) is 2.80. The molecule has 0 aromatic rings. The first-order valence-corrected chi connectivity index (χ1v) is 6.85. The van der Waals surface area contributed by atoms with E-state index in [0.717, 1.165) is 32.2 Å². The molecule has 0 spiro atoms. The molecule has 1 aliphatic heterocycles. The lowest BCUT2D eigenvalue weighted by molar-refractivity contribution is 0.0456. The van der Waals surface area contributed by atoms with Gasteiger partial charge >= 0.3 is 6.03 Å². The van der Waals surface area contributed by atoms with Crippen molar-refractivity contribution < 1.29 is 9.90 Å². The number of hydrogen-bond acceptors (Lipinski definition) is 2. The monoisotopic (exact) mass is 240 g/mol. The second-order valence-electron chi connectivity index (χ2n) is 5.77. The Bertz CT molecular complexity index is 273. The first kappa shape index (κ1) is 12.7. The van der Waals surface area contributed by atoms with Crippen molar-refractivity contribution in [1.82, 2.24) is 10.2 Å². The summed E-state index contributed by atoms with van der Waals surface area (Å²) in [4.78, 5) is 13.9. The number of nitrogens with one attached hydrogen (secondary N) is 1. The maximum absolute atomic E-state index is 12.1. The van der Waals surface area contributed by atoms with Gasteiger partial charge in [-0.1, -0.05) is 12.8 Å². The maximum Gasteiger partial charge on any atom is 0.317 e. The minimum absolute atomic E-state index is 0.0644. The Kier molecular flexibility index (Phi) is 3.92. The third-order valence-electron chi connectivity index (χ3n) is 4.03. The molecule has 1 heterocycles. The predicted molar refractivity (Wildman–Crippen MR) is 66.8 cm³/mol. The van der Waals surface area contributed by atoms with Crippen LogP contribution in [-0.4, -0.2) is 40.8 Å². The number of amides is 2. The van der Waals surface area contributed by atoms with Crippen molar-refractivity contribution >= 4 is 6.03 Å². The molecule has 0 radical (unpaired) electrons. The normalized spacial score (nSPS) is 31.3. The zero-order chi connectivity index (χ0) is 12.3. The maximum atomic E-state index is 12.1. The van der Waals surface area contributed by atoms with Crippen LogP contribution >= 0.6 is 0 Å². The number of likely N-dealkylation sites (tertiary alicyclic amines) is 1. The molecule has 0 bridgehead atoms. The largest absolute Gasteiger partial charge is 0.390 e. The van der Waals surface area contributed by atoms with E-state index in [1.165, 1.54) is 12.8 Å². The number of rotatable bonds is 1. The Balaban J connectivity index is 1.82. The second-order valence-corrected chi connectivity index (χ2v) is 5.77. The van der Waals surface area contributed by atoms with Gasteiger partial charge in [-0.05, 0) is 39.0 Å². The number of carbonyl (C=O) groups excluding carboxylic acids is 1. The summed E-state index contributed by atoms with van der Waals surface area (Å²) in [6.07, 6.45) is 7.09. The summed E-state index contributed by atoms with van der Waals surface area (Å²) in [7, 11) is 0. The van der Waals surface area contributed by atoms with Crippen LogP contribution in [0.25, 0.3) is 0 Å². The molecule has 1 unspecified atom stereocenters. The van der Waals surface area contributed by atoms with Crippen LogP contribution in [0.1, 0.15) is 51.9 Å². The van der Waals surface area contributed by atoms with Gasteiger partial charge in [0.1, 0.15) is 0 Å². The lowest BCUT2D eigenvalue weighted by atomic mass is 9.98. The Morgan fingerprint density at radius 2 is 1.94 bits per heavy atom. The Morgan fingerprint density at radius 1 is 1.24 bits per heavy atom. The molecule has 2 rings (SSSR count). The van der Waals surface area contributed by atoms with Crippen LogP contribution in [0.3, 0.4) is 0 Å². The molecule has 4 nitrogen and oxygen atoms in total. The van der Waals surface area contributed by atoms with Crippen LogP contribution in [0.15, 0.2) is 0 Å². The van der Waals surface area contributed by atoms with Gasteiger partial charge in [-0.25, -0.2) is 4.79 Å². The lowest BCUT2D eigenvalue weighted by Crippen LogP contribution is -2.44. The molecular formula is C13H24N2O2. The van der Waals surface area contributed by atoms with E-state index < -0.39 is 5.60 Å². The van der Waals surface area contributed by atoms with Crippen molar-refractivity contribution in [3.63, 3.8) is 0 Å². The van der Waals surface area contributed by atoms with Gasteiger partial charge in [-0.15, -0.1) is 0 Å². The Hall–Kier alpha value is -0.770. The van der Waals surface area contributed by atoms with Gasteiger partial charge in [0.2, 0.25) is 0 Å². The highest BCUT2D eigenvalue weighted by molar-refractivity contribution is 5.74. The zero-order valence-electron chi connectivity index (χ0n) is 10.7. The van der Waals surface area contributed by atoms with Crippen LogP contribution in [0.5, 0.6) is 0 Å². The Labute approximate surface area is 103 Å². The molecule has 0 aromatic heterocycles. The molecule has 1 aliphatic carbocycles. The fraction of sp³-hybridized carbons (Fsp3) is 0.923. The second kappa shape index (κ2) is 5.25. The molecule has 98 valence electrons. The molecule has 1 saturated heterocycles. The number of nitrogens with zero attached hydrogens (tertiary/aromatic N) is 1. The highest BCUT2D eigenvalue weighted by atomic mass is 16.3. The van der Waals surface area contributed by atoms with Crippen molar-refractivity contribution in [3.05, 3.63) is 0 Å². The van der Waals surface area contributed by atoms with Crippen LogP contribution in [0, 0.1) is 0 Å². The molecule has 17 heavy (non-hydrogen) atoms. The summed E-state index contributed by atoms with van der Waals surface area (Å²) >= 11 is 0. The number of carbonyl (C=O) groups is 1. The molecule has 4 heteroatoms. The van der Waals surface area contributed by atoms with Gasteiger partial charge in [0.15, 0.2) is 0 Å². The van der Waals surface area contributed by atoms with E-state index in [1.54, 1.807) is 0 Å². The third-order valence-corrected chi connectivity index (χ3v) is 4.03. The van der Waals surface area contributed by atoms with Crippen LogP contribution in [0.4, 0.5) is 4.79 Å². The standard InChI is InChI=1S/C13H24N2O2/c1-13(17)7-4-9-15(10-8-13)12(16)14-11-5-2-3-6-11/h11,17H,2-10H2,1H3,(H,14,16). The summed E-state index contributed by atoms with van der Waals surface area (Å²) in [5.41, 5.74) is -0.595. The van der Waals surface area contributed by atoms with Crippen molar-refractivity contribution in [2.24, 2.45) is 0 Å². The average Bonchev–Trinajstić information content (AvgIpc) is 2.68. The van der Waals surface area contributed by atoms with E-state index in [2.05, 4.69) is 5.32 Å². The van der Waals surface area contributed by atoms with Gasteiger partial charge in [0.05, 0.1) is 5.60 Å². The number of hydrogen-bond donors (Lipinski definition) is 2. The topological polar surface area (TPSA) is 52.6 Å². The van der Waals surface area contributed by atoms with E-state index in [4.69, 9.17) is 0 Å². The van der Waals surface area contributed by atoms with Gasteiger partial charge in [0, 0.05) is 19.1 Å². The highest BCUT2D eigenvalue weighted by Crippen LogP contribution is 2.22. The van der Waals surface area contributed by atoms with E-state index in [-0.39, 0.29) is 6.03 Å². The third kappa shape index (κ3) is 3.60. The fourth-order valence-corrected chi connectivity index (χ4v) is 2.80. The predicted octanol–water partition coefficient (Wildman–Crippen LogP) is 1.88. The molecule has 2 aliphatic rings. The quantitative estimate of drug-likeness (QED) is 0.735. The number of aliphatic hydroxyl groups is 1. The van der Waals surface area contributed by atoms with Gasteiger partial charge in [-0.2, -0.15) is 0 Å². The summed E-state index contributed by atoms with van der Waals surface area (Å²) in [5.74, 6) is 0. The molecule has 2 amide bonds. The molecular weight excluding hydrogens is 216 g/mol. The lowest BCUT2D eigenvalue weighted by Gasteiger charge is -2.24. The molecule has 0 aromatic carbocycles. The minimum Gasteiger partial charge on any atom is -0.390 e. The molecule has 2 N–H and O–H groups in total. The summed E-state index contributed by atoms with van der Waals surface area (Å²) in [6, 6.07) is 0.445. The van der Waals surface area contributed by atoms with Crippen LogP contribution < -0.4 is 5.32 Å². The van der Waals surface area contributed by atoms with Crippen molar-refractivity contribution in [2.45, 2.75) is 63.5 Å². The summed E-state index contributed by atoms with van der Waals surface area (Å²) < 4.78 is 0. The SMILES string of the molecule is CC1(O)CCCN(C(=O)NC2CCCC2)CC1. The van der Waals surface area contributed by atoms with Gasteiger partial charge in [-0.3, -0.25) is 0 Å². The van der Waals surface area contributed by atoms with Crippen molar-refractivity contribution in [2.75, 3.05) is 13.1 Å². The van der Waals surface area contributed by atoms with Gasteiger partial charge in [0.25, 0.3) is 0 Å². The van der Waals surface area contributed by atoms with Crippen molar-refractivity contribution in [3.8, 4) is 0 Å². The van der Waals surface area contributed by atoms with Crippen molar-refractivity contribution in [1.29, 1.82) is 0 Å². The zero-order valence-corrected chi connectivity index (χ0v) is 10.7. The average molecular weight is 240 g/mol. The van der Waals surface area contributed by atoms with E-state index in [0.29, 0.717) is 19.0 Å². The van der Waals surface area contributed by atoms with E-state index in [9.17, 15) is 9.90 Å². The van der Waals surface area contributed by atoms with E-state index >= 15 is 0 Å². The molecule has 1 saturated carbocycles. The first-order valence-electron chi connectivity index (χ1n) is 6.85. The number of urea groups is 1. The Morgan fingerprint density at radius 3 is 2.65 bits per heavy atom.